The van der Waals surface area contributed by atoms with E-state index in [9.17, 15) is 9.59 Å². The van der Waals surface area contributed by atoms with Crippen molar-refractivity contribution in [3.63, 3.8) is 0 Å². The van der Waals surface area contributed by atoms with E-state index in [0.717, 1.165) is 11.3 Å². The van der Waals surface area contributed by atoms with Gasteiger partial charge in [0, 0.05) is 31.9 Å². The maximum Gasteiger partial charge on any atom is 0.310 e. The second-order valence-corrected chi connectivity index (χ2v) is 5.28. The fraction of sp³-hybridized carbons (Fsp3) is 0.312. The summed E-state index contributed by atoms with van der Waals surface area (Å²) < 4.78 is 6.50. The summed E-state index contributed by atoms with van der Waals surface area (Å²) in [6.07, 6.45) is 3.80. The number of nitrogens with zero attached hydrogens (tertiary/aromatic N) is 3. The molecule has 1 amide bonds. The van der Waals surface area contributed by atoms with Gasteiger partial charge >= 0.3 is 5.97 Å². The molecule has 6 heteroatoms. The van der Waals surface area contributed by atoms with Gasteiger partial charge in [0.25, 0.3) is 0 Å². The maximum absolute atomic E-state index is 12.1. The highest BCUT2D eigenvalue weighted by Gasteiger charge is 2.35. The highest BCUT2D eigenvalue weighted by atomic mass is 16.5. The average molecular weight is 299 g/mol. The van der Waals surface area contributed by atoms with Crippen molar-refractivity contribution in [1.82, 2.24) is 14.7 Å². The van der Waals surface area contributed by atoms with Crippen LogP contribution in [0.2, 0.25) is 0 Å². The molecule has 0 spiro atoms. The highest BCUT2D eigenvalue weighted by molar-refractivity contribution is 5.86. The van der Waals surface area contributed by atoms with Gasteiger partial charge in [0.05, 0.1) is 18.7 Å². The largest absolute Gasteiger partial charge is 0.469 e. The molecule has 1 aliphatic rings. The lowest BCUT2D eigenvalue weighted by Gasteiger charge is -2.18. The molecular weight excluding hydrogens is 282 g/mol. The van der Waals surface area contributed by atoms with Crippen LogP contribution in [0.15, 0.2) is 42.7 Å². The van der Waals surface area contributed by atoms with Gasteiger partial charge in [-0.2, -0.15) is 5.10 Å². The molecular formula is C16H17N3O3. The predicted molar refractivity (Wildman–Crippen MR) is 79.1 cm³/mol. The van der Waals surface area contributed by atoms with Gasteiger partial charge in [0.15, 0.2) is 0 Å². The third kappa shape index (κ3) is 2.72. The second kappa shape index (κ2) is 6.01. The number of methoxy groups -OCH3 is 1. The van der Waals surface area contributed by atoms with Gasteiger partial charge in [0.1, 0.15) is 0 Å². The Labute approximate surface area is 128 Å². The summed E-state index contributed by atoms with van der Waals surface area (Å²) in [5.74, 6) is -0.712. The SMILES string of the molecule is COC(=O)C1CC(=O)N(Cc2ccccc2-n2cccn2)C1. The summed E-state index contributed by atoms with van der Waals surface area (Å²) in [5.41, 5.74) is 1.92. The molecule has 3 rings (SSSR count). The van der Waals surface area contributed by atoms with Crippen LogP contribution in [0.25, 0.3) is 5.69 Å². The number of para-hydroxylation sites is 1. The van der Waals surface area contributed by atoms with E-state index in [0.29, 0.717) is 13.1 Å². The Morgan fingerprint density at radius 3 is 2.91 bits per heavy atom. The zero-order valence-corrected chi connectivity index (χ0v) is 12.3. The Bertz CT molecular complexity index is 682. The van der Waals surface area contributed by atoms with Gasteiger partial charge in [0.2, 0.25) is 5.91 Å². The molecule has 1 aromatic heterocycles. The molecule has 6 nitrogen and oxygen atoms in total. The second-order valence-electron chi connectivity index (χ2n) is 5.28. The van der Waals surface area contributed by atoms with Gasteiger partial charge in [-0.1, -0.05) is 18.2 Å². The van der Waals surface area contributed by atoms with Crippen molar-refractivity contribution in [1.29, 1.82) is 0 Å². The monoisotopic (exact) mass is 299 g/mol. The summed E-state index contributed by atoms with van der Waals surface area (Å²) in [5, 5.41) is 4.24. The molecule has 0 N–H and O–H groups in total. The van der Waals surface area contributed by atoms with Crippen LogP contribution in [0, 0.1) is 5.92 Å². The van der Waals surface area contributed by atoms with E-state index >= 15 is 0 Å². The number of likely N-dealkylation sites (tertiary alicyclic amines) is 1. The van der Waals surface area contributed by atoms with Gasteiger partial charge < -0.3 is 9.64 Å². The van der Waals surface area contributed by atoms with Crippen LogP contribution in [-0.4, -0.2) is 40.2 Å². The van der Waals surface area contributed by atoms with Crippen molar-refractivity contribution < 1.29 is 14.3 Å². The van der Waals surface area contributed by atoms with E-state index in [1.807, 2.05) is 36.5 Å². The van der Waals surface area contributed by atoms with E-state index < -0.39 is 0 Å². The third-order valence-corrected chi connectivity index (χ3v) is 3.85. The van der Waals surface area contributed by atoms with Gasteiger partial charge in [-0.05, 0) is 17.7 Å². The predicted octanol–water partition coefficient (Wildman–Crippen LogP) is 1.39. The first-order chi connectivity index (χ1) is 10.7. The van der Waals surface area contributed by atoms with Crippen molar-refractivity contribution in [2.45, 2.75) is 13.0 Å². The van der Waals surface area contributed by atoms with Crippen LogP contribution < -0.4 is 0 Å². The van der Waals surface area contributed by atoms with Crippen LogP contribution in [0.5, 0.6) is 0 Å². The fourth-order valence-electron chi connectivity index (χ4n) is 2.73. The van der Waals surface area contributed by atoms with Gasteiger partial charge in [-0.3, -0.25) is 9.59 Å². The van der Waals surface area contributed by atoms with Crippen LogP contribution in [0.1, 0.15) is 12.0 Å². The zero-order valence-electron chi connectivity index (χ0n) is 12.3. The van der Waals surface area contributed by atoms with Gasteiger partial charge in [-0.15, -0.1) is 0 Å². The minimum absolute atomic E-state index is 0.0225. The molecule has 1 fully saturated rings. The van der Waals surface area contributed by atoms with Crippen molar-refractivity contribution in [3.05, 3.63) is 48.3 Å². The van der Waals surface area contributed by atoms with E-state index in [2.05, 4.69) is 5.10 Å². The first kappa shape index (κ1) is 14.3. The van der Waals surface area contributed by atoms with Crippen molar-refractivity contribution >= 4 is 11.9 Å². The number of amides is 1. The number of hydrogen-bond acceptors (Lipinski definition) is 4. The molecule has 1 saturated heterocycles. The number of esters is 1. The number of aromatic nitrogens is 2. The van der Waals surface area contributed by atoms with E-state index in [-0.39, 0.29) is 24.2 Å². The lowest BCUT2D eigenvalue weighted by Crippen LogP contribution is -2.26. The van der Waals surface area contributed by atoms with Crippen LogP contribution in [0.4, 0.5) is 0 Å². The number of benzene rings is 1. The standard InChI is InChI=1S/C16H17N3O3/c1-22-16(21)13-9-15(20)18(11-13)10-12-5-2-3-6-14(12)19-8-4-7-17-19/h2-8,13H,9-11H2,1H3. The maximum atomic E-state index is 12.1. The third-order valence-electron chi connectivity index (χ3n) is 3.85. The normalized spacial score (nSPS) is 17.8. The van der Waals surface area contributed by atoms with E-state index in [1.54, 1.807) is 15.8 Å². The topological polar surface area (TPSA) is 64.4 Å². The van der Waals surface area contributed by atoms with Crippen LogP contribution in [0.3, 0.4) is 0 Å². The molecule has 22 heavy (non-hydrogen) atoms. The lowest BCUT2D eigenvalue weighted by molar-refractivity contribution is -0.145. The molecule has 2 aromatic rings. The number of carbonyl (C=O) groups is 2. The van der Waals surface area contributed by atoms with Gasteiger partial charge in [-0.25, -0.2) is 4.68 Å². The van der Waals surface area contributed by atoms with E-state index in [4.69, 9.17) is 4.74 Å². The molecule has 1 unspecified atom stereocenters. The molecule has 0 radical (unpaired) electrons. The van der Waals surface area contributed by atoms with Crippen LogP contribution in [-0.2, 0) is 20.9 Å². The Hall–Kier alpha value is -2.63. The molecule has 1 aromatic carbocycles. The van der Waals surface area contributed by atoms with Crippen LogP contribution >= 0.6 is 0 Å². The molecule has 0 saturated carbocycles. The van der Waals surface area contributed by atoms with Crippen molar-refractivity contribution in [2.75, 3.05) is 13.7 Å². The Balaban J connectivity index is 1.80. The quantitative estimate of drug-likeness (QED) is 0.800. The number of hydrogen-bond donors (Lipinski definition) is 0. The number of carbonyl (C=O) groups excluding carboxylic acids is 2. The lowest BCUT2D eigenvalue weighted by atomic mass is 10.1. The number of ether oxygens (including phenoxy) is 1. The summed E-state index contributed by atoms with van der Waals surface area (Å²) in [7, 11) is 1.35. The Kier molecular flexibility index (Phi) is 3.91. The molecule has 2 heterocycles. The van der Waals surface area contributed by atoms with E-state index in [1.165, 1.54) is 7.11 Å². The summed E-state index contributed by atoms with van der Waals surface area (Å²) in [6.45, 7) is 0.862. The smallest absolute Gasteiger partial charge is 0.310 e. The molecule has 1 aliphatic heterocycles. The zero-order chi connectivity index (χ0) is 15.5. The Morgan fingerprint density at radius 1 is 1.36 bits per heavy atom. The first-order valence-electron chi connectivity index (χ1n) is 7.12. The highest BCUT2D eigenvalue weighted by Crippen LogP contribution is 2.23. The molecule has 114 valence electrons. The minimum Gasteiger partial charge on any atom is -0.469 e. The fourth-order valence-corrected chi connectivity index (χ4v) is 2.73. The average Bonchev–Trinajstić information content (AvgIpc) is 3.18. The molecule has 1 atom stereocenters. The Morgan fingerprint density at radius 2 is 2.18 bits per heavy atom. The minimum atomic E-state index is -0.366. The molecule has 0 aliphatic carbocycles. The molecule has 0 bridgehead atoms. The van der Waals surface area contributed by atoms with Crippen molar-refractivity contribution in [3.8, 4) is 5.69 Å². The first-order valence-corrected chi connectivity index (χ1v) is 7.12. The summed E-state index contributed by atoms with van der Waals surface area (Å²) in [6, 6.07) is 9.64. The van der Waals surface area contributed by atoms with Crippen molar-refractivity contribution in [2.24, 2.45) is 5.92 Å². The summed E-state index contributed by atoms with van der Waals surface area (Å²) >= 11 is 0. The summed E-state index contributed by atoms with van der Waals surface area (Å²) in [4.78, 5) is 25.4. The number of rotatable bonds is 4.